The number of benzene rings is 2. The lowest BCUT2D eigenvalue weighted by Gasteiger charge is -2.17. The topological polar surface area (TPSA) is 70.0 Å². The maximum absolute atomic E-state index is 12.7. The number of amidine groups is 1. The first-order valence-corrected chi connectivity index (χ1v) is 7.59. The number of hydrogen-bond donors (Lipinski definition) is 1. The summed E-state index contributed by atoms with van der Waals surface area (Å²) in [7, 11) is 0. The number of hydrogen-bond acceptors (Lipinski definition) is 3. The van der Waals surface area contributed by atoms with E-state index in [1.165, 1.54) is 4.90 Å². The lowest BCUT2D eigenvalue weighted by molar-refractivity contribution is -0.137. The van der Waals surface area contributed by atoms with Gasteiger partial charge in [0.25, 0.3) is 5.91 Å². The fourth-order valence-electron chi connectivity index (χ4n) is 2.48. The lowest BCUT2D eigenvalue weighted by Crippen LogP contribution is -2.34. The van der Waals surface area contributed by atoms with Gasteiger partial charge < -0.3 is 5.11 Å². The highest BCUT2D eigenvalue weighted by atomic mass is 16.4. The van der Waals surface area contributed by atoms with Crippen LogP contribution in [0.5, 0.6) is 0 Å². The van der Waals surface area contributed by atoms with Gasteiger partial charge >= 0.3 is 5.97 Å². The van der Waals surface area contributed by atoms with Gasteiger partial charge in [0.05, 0.1) is 6.42 Å². The van der Waals surface area contributed by atoms with E-state index in [1.807, 2.05) is 60.7 Å². The van der Waals surface area contributed by atoms with Gasteiger partial charge in [-0.15, -0.1) is 0 Å². The number of amides is 1. The summed E-state index contributed by atoms with van der Waals surface area (Å²) in [6.07, 6.45) is 1.59. The van der Waals surface area contributed by atoms with E-state index in [0.717, 1.165) is 11.1 Å². The standard InChI is InChI=1S/C19H16N2O3/c22-17(23)11-12-21-18(15-9-5-2-6-10-15)20-16(19(21)24)13-14-7-3-1-4-8-14/h1-10,13H,11-12H2,(H,22,23)/b16-13-. The minimum Gasteiger partial charge on any atom is -0.481 e. The quantitative estimate of drug-likeness (QED) is 0.861. The van der Waals surface area contributed by atoms with Crippen LogP contribution in [-0.2, 0) is 9.59 Å². The molecule has 0 spiro atoms. The summed E-state index contributed by atoms with van der Waals surface area (Å²) < 4.78 is 0. The van der Waals surface area contributed by atoms with E-state index in [9.17, 15) is 9.59 Å². The number of rotatable bonds is 5. The zero-order chi connectivity index (χ0) is 16.9. The van der Waals surface area contributed by atoms with Crippen LogP contribution in [0, 0.1) is 0 Å². The second-order valence-electron chi connectivity index (χ2n) is 5.34. The Hall–Kier alpha value is -3.21. The van der Waals surface area contributed by atoms with Gasteiger partial charge in [0.1, 0.15) is 11.5 Å². The molecule has 0 aliphatic carbocycles. The fourth-order valence-corrected chi connectivity index (χ4v) is 2.48. The van der Waals surface area contributed by atoms with Crippen LogP contribution in [0.25, 0.3) is 6.08 Å². The molecule has 3 rings (SSSR count). The Morgan fingerprint density at radius 1 is 1.04 bits per heavy atom. The SMILES string of the molecule is O=C(O)CCN1C(=O)/C(=C/c2ccccc2)N=C1c1ccccc1. The van der Waals surface area contributed by atoms with Crippen molar-refractivity contribution >= 4 is 23.8 Å². The molecule has 0 bridgehead atoms. The normalized spacial score (nSPS) is 15.7. The van der Waals surface area contributed by atoms with Crippen LogP contribution < -0.4 is 0 Å². The molecule has 5 nitrogen and oxygen atoms in total. The summed E-state index contributed by atoms with van der Waals surface area (Å²) >= 11 is 0. The maximum atomic E-state index is 12.7. The molecule has 0 unspecified atom stereocenters. The zero-order valence-corrected chi connectivity index (χ0v) is 12.9. The molecule has 1 aliphatic rings. The van der Waals surface area contributed by atoms with Crippen molar-refractivity contribution in [2.24, 2.45) is 4.99 Å². The molecule has 0 atom stereocenters. The number of carboxylic acid groups (broad SMARTS) is 1. The van der Waals surface area contributed by atoms with Gasteiger partial charge in [-0.3, -0.25) is 14.5 Å². The predicted molar refractivity (Wildman–Crippen MR) is 91.4 cm³/mol. The Morgan fingerprint density at radius 2 is 1.67 bits per heavy atom. The van der Waals surface area contributed by atoms with Crippen LogP contribution in [0.1, 0.15) is 17.5 Å². The molecule has 5 heteroatoms. The van der Waals surface area contributed by atoms with Gasteiger partial charge in [-0.25, -0.2) is 4.99 Å². The van der Waals surface area contributed by atoms with Gasteiger partial charge in [-0.2, -0.15) is 0 Å². The van der Waals surface area contributed by atoms with Crippen molar-refractivity contribution in [3.8, 4) is 0 Å². The molecule has 24 heavy (non-hydrogen) atoms. The monoisotopic (exact) mass is 320 g/mol. The summed E-state index contributed by atoms with van der Waals surface area (Å²) in [6, 6.07) is 18.7. The molecule has 1 N–H and O–H groups in total. The van der Waals surface area contributed by atoms with Crippen LogP contribution in [-0.4, -0.2) is 34.3 Å². The largest absolute Gasteiger partial charge is 0.481 e. The first-order valence-electron chi connectivity index (χ1n) is 7.59. The average molecular weight is 320 g/mol. The van der Waals surface area contributed by atoms with Gasteiger partial charge in [0, 0.05) is 12.1 Å². The van der Waals surface area contributed by atoms with Crippen molar-refractivity contribution < 1.29 is 14.7 Å². The van der Waals surface area contributed by atoms with Crippen LogP contribution in [0.4, 0.5) is 0 Å². The smallest absolute Gasteiger partial charge is 0.305 e. The van der Waals surface area contributed by atoms with E-state index < -0.39 is 5.97 Å². The summed E-state index contributed by atoms with van der Waals surface area (Å²) in [5, 5.41) is 8.93. The van der Waals surface area contributed by atoms with Gasteiger partial charge in [-0.05, 0) is 11.6 Å². The van der Waals surface area contributed by atoms with Crippen molar-refractivity contribution in [2.45, 2.75) is 6.42 Å². The molecule has 0 radical (unpaired) electrons. The number of aliphatic imine (C=N–C) groups is 1. The fraction of sp³-hybridized carbons (Fsp3) is 0.105. The number of carbonyl (C=O) groups is 2. The first kappa shape index (κ1) is 15.7. The molecular formula is C19H16N2O3. The number of nitrogens with zero attached hydrogens (tertiary/aromatic N) is 2. The molecule has 1 aliphatic heterocycles. The van der Waals surface area contributed by atoms with E-state index in [4.69, 9.17) is 5.11 Å². The minimum atomic E-state index is -0.948. The van der Waals surface area contributed by atoms with E-state index in [1.54, 1.807) is 6.08 Å². The molecular weight excluding hydrogens is 304 g/mol. The van der Waals surface area contributed by atoms with Crippen LogP contribution in [0.15, 0.2) is 71.4 Å². The predicted octanol–water partition coefficient (Wildman–Crippen LogP) is 2.79. The third kappa shape index (κ3) is 3.41. The molecule has 0 fully saturated rings. The van der Waals surface area contributed by atoms with Crippen molar-refractivity contribution in [1.29, 1.82) is 0 Å². The van der Waals surface area contributed by atoms with Crippen molar-refractivity contribution in [1.82, 2.24) is 4.90 Å². The Morgan fingerprint density at radius 3 is 2.29 bits per heavy atom. The van der Waals surface area contributed by atoms with E-state index in [-0.39, 0.29) is 18.9 Å². The third-order valence-electron chi connectivity index (χ3n) is 3.63. The number of aliphatic carboxylic acids is 1. The highest BCUT2D eigenvalue weighted by Gasteiger charge is 2.31. The van der Waals surface area contributed by atoms with E-state index >= 15 is 0 Å². The summed E-state index contributed by atoms with van der Waals surface area (Å²) in [4.78, 5) is 29.4. The number of carboxylic acids is 1. The van der Waals surface area contributed by atoms with Crippen molar-refractivity contribution in [2.75, 3.05) is 6.54 Å². The van der Waals surface area contributed by atoms with Crippen LogP contribution in [0.2, 0.25) is 0 Å². The molecule has 0 saturated carbocycles. The summed E-state index contributed by atoms with van der Waals surface area (Å²) in [5.74, 6) is -0.737. The van der Waals surface area contributed by atoms with Crippen LogP contribution in [0.3, 0.4) is 0 Å². The maximum Gasteiger partial charge on any atom is 0.305 e. The molecule has 120 valence electrons. The highest BCUT2D eigenvalue weighted by Crippen LogP contribution is 2.22. The molecule has 2 aromatic carbocycles. The second-order valence-corrected chi connectivity index (χ2v) is 5.34. The van der Waals surface area contributed by atoms with E-state index in [0.29, 0.717) is 11.5 Å². The van der Waals surface area contributed by atoms with Crippen LogP contribution >= 0.6 is 0 Å². The minimum absolute atomic E-state index is 0.0913. The summed E-state index contributed by atoms with van der Waals surface area (Å²) in [6.45, 7) is 0.0913. The number of carbonyl (C=O) groups excluding carboxylic acids is 1. The van der Waals surface area contributed by atoms with Crippen molar-refractivity contribution in [3.05, 3.63) is 77.5 Å². The highest BCUT2D eigenvalue weighted by molar-refractivity contribution is 6.19. The molecule has 0 saturated heterocycles. The van der Waals surface area contributed by atoms with Gasteiger partial charge in [-0.1, -0.05) is 60.7 Å². The molecule has 2 aromatic rings. The molecule has 1 amide bonds. The average Bonchev–Trinajstić information content (AvgIpc) is 2.91. The Balaban J connectivity index is 1.97. The second kappa shape index (κ2) is 6.91. The Bertz CT molecular complexity index is 811. The molecule has 1 heterocycles. The third-order valence-corrected chi connectivity index (χ3v) is 3.63. The Labute approximate surface area is 139 Å². The van der Waals surface area contributed by atoms with Gasteiger partial charge in [0.2, 0.25) is 0 Å². The van der Waals surface area contributed by atoms with E-state index in [2.05, 4.69) is 4.99 Å². The first-order chi connectivity index (χ1) is 11.6. The molecule has 0 aromatic heterocycles. The summed E-state index contributed by atoms with van der Waals surface area (Å²) in [5.41, 5.74) is 1.97. The zero-order valence-electron chi connectivity index (χ0n) is 12.9. The van der Waals surface area contributed by atoms with Gasteiger partial charge in [0.15, 0.2) is 0 Å². The lowest BCUT2D eigenvalue weighted by atomic mass is 10.2. The Kier molecular flexibility index (Phi) is 4.52. The van der Waals surface area contributed by atoms with Crippen molar-refractivity contribution in [3.63, 3.8) is 0 Å².